The van der Waals surface area contributed by atoms with Gasteiger partial charge in [0.25, 0.3) is 0 Å². The van der Waals surface area contributed by atoms with E-state index in [0.29, 0.717) is 10.8 Å². The summed E-state index contributed by atoms with van der Waals surface area (Å²) in [6.45, 7) is -0.108. The molecule has 1 rings (SSSR count). The van der Waals surface area contributed by atoms with Gasteiger partial charge in [-0.15, -0.1) is 0 Å². The number of aliphatic hydroxyl groups excluding tert-OH is 1. The molecule has 0 amide bonds. The molecule has 0 heterocycles. The normalized spacial score (nSPS) is 9.58. The maximum absolute atomic E-state index is 8.55. The molecule has 0 aliphatic carbocycles. The van der Waals surface area contributed by atoms with Crippen molar-refractivity contribution in [2.45, 2.75) is 0 Å². The Morgan fingerprint density at radius 1 is 1.58 bits per heavy atom. The van der Waals surface area contributed by atoms with Crippen LogP contribution in [0.5, 0.6) is 5.75 Å². The number of benzene rings is 1. The lowest BCUT2D eigenvalue weighted by molar-refractivity contribution is 0.325. The van der Waals surface area contributed by atoms with Gasteiger partial charge in [0.2, 0.25) is 0 Å². The van der Waals surface area contributed by atoms with Crippen molar-refractivity contribution >= 4 is 17.3 Å². The zero-order chi connectivity index (χ0) is 8.97. The van der Waals surface area contributed by atoms with Crippen LogP contribution >= 0.6 is 11.6 Å². The van der Waals surface area contributed by atoms with Gasteiger partial charge in [-0.2, -0.15) is 0 Å². The molecule has 0 aliphatic rings. The number of halogens is 1. The van der Waals surface area contributed by atoms with Crippen LogP contribution in [0.15, 0.2) is 18.2 Å². The number of anilines is 1. The first kappa shape index (κ1) is 9.16. The molecule has 4 heteroatoms. The van der Waals surface area contributed by atoms with Crippen LogP contribution in [0, 0.1) is 0 Å². The Morgan fingerprint density at radius 2 is 2.33 bits per heavy atom. The second-order valence-electron chi connectivity index (χ2n) is 2.18. The minimum atomic E-state index is -0.108. The summed E-state index contributed by atoms with van der Waals surface area (Å²) in [4.78, 5) is 0. The molecule has 1 aromatic carbocycles. The van der Waals surface area contributed by atoms with Crippen LogP contribution < -0.4 is 10.1 Å². The Bertz CT molecular complexity index is 265. The molecule has 0 aromatic heterocycles. The highest BCUT2D eigenvalue weighted by atomic mass is 35.5. The van der Waals surface area contributed by atoms with Crippen LogP contribution in [0.3, 0.4) is 0 Å². The molecule has 0 aliphatic heterocycles. The minimum absolute atomic E-state index is 0.108. The van der Waals surface area contributed by atoms with Gasteiger partial charge in [0.05, 0.1) is 12.1 Å². The zero-order valence-electron chi connectivity index (χ0n) is 6.67. The van der Waals surface area contributed by atoms with Gasteiger partial charge in [0.1, 0.15) is 12.5 Å². The van der Waals surface area contributed by atoms with Crippen LogP contribution in [0.2, 0.25) is 5.02 Å². The summed E-state index contributed by atoms with van der Waals surface area (Å²) in [5.74, 6) is 0.625. The molecule has 0 atom stereocenters. The summed E-state index contributed by atoms with van der Waals surface area (Å²) in [7, 11) is 1.56. The van der Waals surface area contributed by atoms with E-state index in [1.807, 2.05) is 0 Å². The van der Waals surface area contributed by atoms with Gasteiger partial charge in [0.15, 0.2) is 0 Å². The molecule has 12 heavy (non-hydrogen) atoms. The fraction of sp³-hybridized carbons (Fsp3) is 0.250. The van der Waals surface area contributed by atoms with E-state index in [4.69, 9.17) is 21.4 Å². The number of aliphatic hydroxyl groups is 1. The second kappa shape index (κ2) is 4.18. The quantitative estimate of drug-likeness (QED) is 0.708. The van der Waals surface area contributed by atoms with Crippen molar-refractivity contribution < 1.29 is 9.84 Å². The molecule has 3 nitrogen and oxygen atoms in total. The van der Waals surface area contributed by atoms with Crippen molar-refractivity contribution in [1.82, 2.24) is 0 Å². The Labute approximate surface area is 75.9 Å². The Kier molecular flexibility index (Phi) is 3.19. The molecule has 2 N–H and O–H groups in total. The molecule has 0 radical (unpaired) electrons. The summed E-state index contributed by atoms with van der Waals surface area (Å²) in [5.41, 5.74) is 0.767. The van der Waals surface area contributed by atoms with Crippen molar-refractivity contribution in [2.24, 2.45) is 0 Å². The fourth-order valence-corrected chi connectivity index (χ4v) is 1.13. The highest BCUT2D eigenvalue weighted by molar-refractivity contribution is 6.32. The summed E-state index contributed by atoms with van der Waals surface area (Å²) >= 11 is 5.82. The molecule has 0 saturated heterocycles. The third-order valence-corrected chi connectivity index (χ3v) is 1.73. The molecule has 66 valence electrons. The van der Waals surface area contributed by atoms with E-state index in [2.05, 4.69) is 5.32 Å². The average molecular weight is 188 g/mol. The van der Waals surface area contributed by atoms with E-state index in [9.17, 15) is 0 Å². The Balaban J connectivity index is 2.86. The van der Waals surface area contributed by atoms with Crippen LogP contribution in [0.4, 0.5) is 5.69 Å². The number of rotatable bonds is 3. The van der Waals surface area contributed by atoms with Crippen LogP contribution in [0.1, 0.15) is 0 Å². The maximum Gasteiger partial charge on any atom is 0.137 e. The van der Waals surface area contributed by atoms with E-state index in [0.717, 1.165) is 5.69 Å². The van der Waals surface area contributed by atoms with Crippen LogP contribution in [-0.4, -0.2) is 18.9 Å². The molecule has 0 unspecified atom stereocenters. The summed E-state index contributed by atoms with van der Waals surface area (Å²) in [6.07, 6.45) is 0. The van der Waals surface area contributed by atoms with Gasteiger partial charge in [-0.1, -0.05) is 11.6 Å². The lowest BCUT2D eigenvalue weighted by Gasteiger charge is -2.05. The van der Waals surface area contributed by atoms with Crippen molar-refractivity contribution in [3.8, 4) is 5.75 Å². The monoisotopic (exact) mass is 187 g/mol. The zero-order valence-corrected chi connectivity index (χ0v) is 7.43. The number of hydrogen-bond acceptors (Lipinski definition) is 3. The maximum atomic E-state index is 8.55. The smallest absolute Gasteiger partial charge is 0.137 e. The average Bonchev–Trinajstić information content (AvgIpc) is 2.05. The predicted octanol–water partition coefficient (Wildman–Crippen LogP) is 1.71. The summed E-state index contributed by atoms with van der Waals surface area (Å²) in [6, 6.07) is 5.21. The van der Waals surface area contributed by atoms with Gasteiger partial charge in [-0.05, 0) is 18.2 Å². The van der Waals surface area contributed by atoms with E-state index in [1.165, 1.54) is 0 Å². The first-order valence-electron chi connectivity index (χ1n) is 3.46. The molecule has 0 bridgehead atoms. The molecular formula is C8H10ClNO2. The van der Waals surface area contributed by atoms with Gasteiger partial charge < -0.3 is 15.2 Å². The Morgan fingerprint density at radius 3 is 2.83 bits per heavy atom. The molecule has 0 spiro atoms. The van der Waals surface area contributed by atoms with E-state index in [1.54, 1.807) is 25.3 Å². The lowest BCUT2D eigenvalue weighted by Crippen LogP contribution is -1.99. The summed E-state index contributed by atoms with van der Waals surface area (Å²) in [5, 5.41) is 11.8. The number of hydrogen-bond donors (Lipinski definition) is 2. The van der Waals surface area contributed by atoms with Gasteiger partial charge in [-0.25, -0.2) is 0 Å². The molecule has 1 aromatic rings. The molecule has 0 fully saturated rings. The first-order chi connectivity index (χ1) is 5.77. The van der Waals surface area contributed by atoms with Crippen LogP contribution in [-0.2, 0) is 0 Å². The van der Waals surface area contributed by atoms with E-state index in [-0.39, 0.29) is 6.73 Å². The van der Waals surface area contributed by atoms with Crippen molar-refractivity contribution in [3.63, 3.8) is 0 Å². The fourth-order valence-electron chi connectivity index (χ4n) is 0.868. The van der Waals surface area contributed by atoms with E-state index >= 15 is 0 Å². The van der Waals surface area contributed by atoms with Crippen LogP contribution in [0.25, 0.3) is 0 Å². The summed E-state index contributed by atoms with van der Waals surface area (Å²) < 4.78 is 4.96. The number of nitrogens with one attached hydrogen (secondary N) is 1. The SMILES string of the molecule is COc1ccc(NCO)cc1Cl. The second-order valence-corrected chi connectivity index (χ2v) is 2.59. The lowest BCUT2D eigenvalue weighted by atomic mass is 10.3. The van der Waals surface area contributed by atoms with E-state index < -0.39 is 0 Å². The third-order valence-electron chi connectivity index (χ3n) is 1.43. The number of methoxy groups -OCH3 is 1. The minimum Gasteiger partial charge on any atom is -0.495 e. The largest absolute Gasteiger partial charge is 0.495 e. The predicted molar refractivity (Wildman–Crippen MR) is 48.7 cm³/mol. The van der Waals surface area contributed by atoms with Gasteiger partial charge in [0, 0.05) is 5.69 Å². The number of ether oxygens (including phenoxy) is 1. The van der Waals surface area contributed by atoms with Crippen molar-refractivity contribution in [1.29, 1.82) is 0 Å². The van der Waals surface area contributed by atoms with Gasteiger partial charge in [-0.3, -0.25) is 0 Å². The topological polar surface area (TPSA) is 41.5 Å². The highest BCUT2D eigenvalue weighted by Crippen LogP contribution is 2.26. The highest BCUT2D eigenvalue weighted by Gasteiger charge is 1.99. The molecular weight excluding hydrogens is 178 g/mol. The molecule has 0 saturated carbocycles. The Hall–Kier alpha value is -0.930. The van der Waals surface area contributed by atoms with Crippen molar-refractivity contribution in [2.75, 3.05) is 19.2 Å². The van der Waals surface area contributed by atoms with Gasteiger partial charge >= 0.3 is 0 Å². The third kappa shape index (κ3) is 2.03. The van der Waals surface area contributed by atoms with Crippen molar-refractivity contribution in [3.05, 3.63) is 23.2 Å². The first-order valence-corrected chi connectivity index (χ1v) is 3.84. The standard InChI is InChI=1S/C8H10ClNO2/c1-12-8-3-2-6(10-5-11)4-7(8)9/h2-4,10-11H,5H2,1H3.